The van der Waals surface area contributed by atoms with Gasteiger partial charge in [-0.15, -0.1) is 0 Å². The number of benzene rings is 2. The number of halogens is 3. The van der Waals surface area contributed by atoms with Gasteiger partial charge in [-0.2, -0.15) is 0 Å². The molecule has 0 spiro atoms. The maximum absolute atomic E-state index is 13.6. The van der Waals surface area contributed by atoms with Crippen molar-refractivity contribution in [2.24, 2.45) is 0 Å². The summed E-state index contributed by atoms with van der Waals surface area (Å²) in [5.41, 5.74) is 0.755. The molecule has 88 valence electrons. The predicted molar refractivity (Wildman–Crippen MR) is 70.6 cm³/mol. The van der Waals surface area contributed by atoms with Crippen LogP contribution in [0.2, 0.25) is 5.02 Å². The number of ether oxygens (including phenoxy) is 1. The van der Waals surface area contributed by atoms with E-state index < -0.39 is 0 Å². The zero-order valence-corrected chi connectivity index (χ0v) is 11.1. The monoisotopic (exact) mass is 314 g/mol. The summed E-state index contributed by atoms with van der Waals surface area (Å²) in [7, 11) is 0. The summed E-state index contributed by atoms with van der Waals surface area (Å²) in [5, 5.41) is 1.08. The molecule has 2 aromatic carbocycles. The van der Waals surface area contributed by atoms with Crippen molar-refractivity contribution in [2.75, 3.05) is 0 Å². The molecule has 1 nitrogen and oxygen atoms in total. The fourth-order valence-corrected chi connectivity index (χ4v) is 2.04. The fourth-order valence-electron chi connectivity index (χ4n) is 1.42. The Bertz CT molecular complexity index is 531. The van der Waals surface area contributed by atoms with Crippen LogP contribution in [-0.2, 0) is 5.33 Å². The summed E-state index contributed by atoms with van der Waals surface area (Å²) < 4.78 is 19.2. The molecule has 0 aliphatic carbocycles. The molecule has 0 aliphatic rings. The Morgan fingerprint density at radius 2 is 1.94 bits per heavy atom. The van der Waals surface area contributed by atoms with E-state index in [1.54, 1.807) is 36.4 Å². The van der Waals surface area contributed by atoms with Crippen molar-refractivity contribution < 1.29 is 9.13 Å². The average Bonchev–Trinajstić information content (AvgIpc) is 2.32. The SMILES string of the molecule is Fc1cccc(CBr)c1Oc1cccc(Cl)c1. The maximum Gasteiger partial charge on any atom is 0.167 e. The first-order chi connectivity index (χ1) is 8.20. The topological polar surface area (TPSA) is 9.23 Å². The Labute approximate surface area is 112 Å². The quantitative estimate of drug-likeness (QED) is 0.710. The highest BCUT2D eigenvalue weighted by atomic mass is 79.9. The van der Waals surface area contributed by atoms with Crippen molar-refractivity contribution in [3.63, 3.8) is 0 Å². The first-order valence-electron chi connectivity index (χ1n) is 4.97. The van der Waals surface area contributed by atoms with Gasteiger partial charge in [-0.3, -0.25) is 0 Å². The molecule has 0 heterocycles. The van der Waals surface area contributed by atoms with Crippen molar-refractivity contribution in [3.8, 4) is 11.5 Å². The van der Waals surface area contributed by atoms with E-state index in [1.807, 2.05) is 0 Å². The van der Waals surface area contributed by atoms with E-state index in [1.165, 1.54) is 6.07 Å². The van der Waals surface area contributed by atoms with Gasteiger partial charge in [-0.25, -0.2) is 4.39 Å². The molecule has 0 amide bonds. The van der Waals surface area contributed by atoms with Crippen molar-refractivity contribution in [2.45, 2.75) is 5.33 Å². The van der Waals surface area contributed by atoms with E-state index in [0.29, 0.717) is 16.1 Å². The zero-order valence-electron chi connectivity index (χ0n) is 8.79. The molecule has 0 aliphatic heterocycles. The number of para-hydroxylation sites is 1. The molecule has 0 unspecified atom stereocenters. The Kier molecular flexibility index (Phi) is 4.02. The second-order valence-corrected chi connectivity index (χ2v) is 4.42. The standard InChI is InChI=1S/C13H9BrClFO/c14-8-9-3-1-6-12(16)13(9)17-11-5-2-4-10(15)7-11/h1-7H,8H2. The van der Waals surface area contributed by atoms with Gasteiger partial charge in [0.25, 0.3) is 0 Å². The van der Waals surface area contributed by atoms with Crippen LogP contribution in [-0.4, -0.2) is 0 Å². The van der Waals surface area contributed by atoms with Gasteiger partial charge in [0.05, 0.1) is 0 Å². The molecular formula is C13H9BrClFO. The molecule has 0 bridgehead atoms. The average molecular weight is 316 g/mol. The molecule has 4 heteroatoms. The van der Waals surface area contributed by atoms with Gasteiger partial charge in [0, 0.05) is 15.9 Å². The molecule has 0 fully saturated rings. The van der Waals surface area contributed by atoms with Crippen LogP contribution < -0.4 is 4.74 Å². The van der Waals surface area contributed by atoms with E-state index in [2.05, 4.69) is 15.9 Å². The number of alkyl halides is 1. The molecule has 0 aromatic heterocycles. The minimum atomic E-state index is -0.387. The molecule has 0 N–H and O–H groups in total. The van der Waals surface area contributed by atoms with Gasteiger partial charge in [-0.05, 0) is 24.3 Å². The van der Waals surface area contributed by atoms with Crippen LogP contribution in [0.25, 0.3) is 0 Å². The summed E-state index contributed by atoms with van der Waals surface area (Å²) in [6.07, 6.45) is 0. The molecular weight excluding hydrogens is 306 g/mol. The Hall–Kier alpha value is -1.06. The highest BCUT2D eigenvalue weighted by Crippen LogP contribution is 2.30. The number of rotatable bonds is 3. The van der Waals surface area contributed by atoms with Crippen molar-refractivity contribution >= 4 is 27.5 Å². The van der Waals surface area contributed by atoms with Gasteiger partial charge in [0.1, 0.15) is 5.75 Å². The third kappa shape index (κ3) is 2.99. The minimum Gasteiger partial charge on any atom is -0.454 e. The summed E-state index contributed by atoms with van der Waals surface area (Å²) in [5.74, 6) is 0.360. The third-order valence-electron chi connectivity index (χ3n) is 2.21. The Morgan fingerprint density at radius 3 is 2.65 bits per heavy atom. The van der Waals surface area contributed by atoms with Gasteiger partial charge < -0.3 is 4.74 Å². The summed E-state index contributed by atoms with van der Waals surface area (Å²) in [6.45, 7) is 0. The molecule has 17 heavy (non-hydrogen) atoms. The lowest BCUT2D eigenvalue weighted by Gasteiger charge is -2.10. The Balaban J connectivity index is 2.35. The predicted octanol–water partition coefficient (Wildman–Crippen LogP) is 5.17. The van der Waals surface area contributed by atoms with Crippen LogP contribution in [0.5, 0.6) is 11.5 Å². The van der Waals surface area contributed by atoms with Crippen LogP contribution in [0.4, 0.5) is 4.39 Å². The normalized spacial score (nSPS) is 10.3. The highest BCUT2D eigenvalue weighted by molar-refractivity contribution is 9.08. The van der Waals surface area contributed by atoms with E-state index in [4.69, 9.17) is 16.3 Å². The number of hydrogen-bond acceptors (Lipinski definition) is 1. The van der Waals surface area contributed by atoms with Gasteiger partial charge in [0.15, 0.2) is 11.6 Å². The molecule has 0 saturated carbocycles. The third-order valence-corrected chi connectivity index (χ3v) is 3.05. The van der Waals surface area contributed by atoms with E-state index >= 15 is 0 Å². The lowest BCUT2D eigenvalue weighted by molar-refractivity contribution is 0.438. The Morgan fingerprint density at radius 1 is 1.18 bits per heavy atom. The zero-order chi connectivity index (χ0) is 12.3. The largest absolute Gasteiger partial charge is 0.454 e. The smallest absolute Gasteiger partial charge is 0.167 e. The van der Waals surface area contributed by atoms with Crippen molar-refractivity contribution in [1.29, 1.82) is 0 Å². The van der Waals surface area contributed by atoms with Crippen LogP contribution in [0.1, 0.15) is 5.56 Å². The van der Waals surface area contributed by atoms with Gasteiger partial charge >= 0.3 is 0 Å². The summed E-state index contributed by atoms with van der Waals surface area (Å²) >= 11 is 9.14. The van der Waals surface area contributed by atoms with E-state index in [9.17, 15) is 4.39 Å². The van der Waals surface area contributed by atoms with Crippen LogP contribution in [0, 0.1) is 5.82 Å². The van der Waals surface area contributed by atoms with Crippen molar-refractivity contribution in [3.05, 3.63) is 58.9 Å². The summed E-state index contributed by atoms with van der Waals surface area (Å²) in [6, 6.07) is 11.7. The van der Waals surface area contributed by atoms with E-state index in [-0.39, 0.29) is 11.6 Å². The molecule has 2 aromatic rings. The number of hydrogen-bond donors (Lipinski definition) is 0. The summed E-state index contributed by atoms with van der Waals surface area (Å²) in [4.78, 5) is 0. The first-order valence-corrected chi connectivity index (χ1v) is 6.47. The minimum absolute atomic E-state index is 0.228. The van der Waals surface area contributed by atoms with Crippen LogP contribution in [0.15, 0.2) is 42.5 Å². The molecule has 2 rings (SSSR count). The van der Waals surface area contributed by atoms with Crippen LogP contribution >= 0.6 is 27.5 Å². The lowest BCUT2D eigenvalue weighted by Crippen LogP contribution is -1.93. The van der Waals surface area contributed by atoms with Gasteiger partial charge in [0.2, 0.25) is 0 Å². The second kappa shape index (κ2) is 5.52. The van der Waals surface area contributed by atoms with Crippen molar-refractivity contribution in [1.82, 2.24) is 0 Å². The molecule has 0 atom stereocenters. The molecule has 0 saturated heterocycles. The highest BCUT2D eigenvalue weighted by Gasteiger charge is 2.10. The second-order valence-electron chi connectivity index (χ2n) is 3.42. The lowest BCUT2D eigenvalue weighted by atomic mass is 10.2. The van der Waals surface area contributed by atoms with E-state index in [0.717, 1.165) is 5.56 Å². The fraction of sp³-hybridized carbons (Fsp3) is 0.0769. The van der Waals surface area contributed by atoms with Crippen LogP contribution in [0.3, 0.4) is 0 Å². The maximum atomic E-state index is 13.6. The molecule has 0 radical (unpaired) electrons. The van der Waals surface area contributed by atoms with Gasteiger partial charge in [-0.1, -0.05) is 45.7 Å². The first kappa shape index (κ1) is 12.4.